The molecule has 0 saturated carbocycles. The van der Waals surface area contributed by atoms with Crippen molar-refractivity contribution in [3.8, 4) is 0 Å². The molecule has 0 amide bonds. The van der Waals surface area contributed by atoms with Crippen molar-refractivity contribution in [2.24, 2.45) is 7.05 Å². The van der Waals surface area contributed by atoms with Gasteiger partial charge in [0.2, 0.25) is 0 Å². The summed E-state index contributed by atoms with van der Waals surface area (Å²) >= 11 is 3.17. The van der Waals surface area contributed by atoms with Crippen molar-refractivity contribution < 1.29 is 0 Å². The maximum absolute atomic E-state index is 6.00. The summed E-state index contributed by atoms with van der Waals surface area (Å²) in [6, 6.07) is 0. The van der Waals surface area contributed by atoms with Gasteiger partial charge in [0, 0.05) is 18.6 Å². The number of aromatic nitrogens is 3. The average molecular weight is 240 g/mol. The van der Waals surface area contributed by atoms with E-state index in [1.165, 1.54) is 0 Å². The molecule has 6 heteroatoms. The summed E-state index contributed by atoms with van der Waals surface area (Å²) in [6.07, 6.45) is 2.65. The third-order valence-corrected chi connectivity index (χ3v) is 4.10. The van der Waals surface area contributed by atoms with Gasteiger partial charge in [-0.25, -0.2) is 4.98 Å². The highest BCUT2D eigenvalue weighted by Crippen LogP contribution is 2.34. The van der Waals surface area contributed by atoms with Gasteiger partial charge in [-0.05, 0) is 18.2 Å². The molecule has 80 valence electrons. The summed E-state index contributed by atoms with van der Waals surface area (Å²) in [5.74, 6) is 0. The van der Waals surface area contributed by atoms with Gasteiger partial charge in [-0.15, -0.1) is 11.3 Å². The monoisotopic (exact) mass is 240 g/mol. The van der Waals surface area contributed by atoms with Crippen LogP contribution in [-0.2, 0) is 13.5 Å². The van der Waals surface area contributed by atoms with E-state index in [1.54, 1.807) is 29.3 Å². The van der Waals surface area contributed by atoms with Gasteiger partial charge in [0.15, 0.2) is 4.34 Å². The number of thiazole rings is 1. The first-order valence-corrected chi connectivity index (χ1v) is 6.30. The first kappa shape index (κ1) is 10.5. The molecule has 0 atom stereocenters. The lowest BCUT2D eigenvalue weighted by Gasteiger charge is -1.99. The van der Waals surface area contributed by atoms with Gasteiger partial charge in [0.1, 0.15) is 5.03 Å². The minimum Gasteiger partial charge on any atom is -0.395 e. The maximum Gasteiger partial charge on any atom is 0.156 e. The van der Waals surface area contributed by atoms with E-state index < -0.39 is 0 Å². The third-order valence-electron chi connectivity index (χ3n) is 2.03. The zero-order valence-electron chi connectivity index (χ0n) is 8.60. The first-order valence-electron chi connectivity index (χ1n) is 4.61. The molecule has 0 bridgehead atoms. The lowest BCUT2D eigenvalue weighted by Crippen LogP contribution is -1.93. The summed E-state index contributed by atoms with van der Waals surface area (Å²) in [5, 5.41) is 7.28. The van der Waals surface area contributed by atoms with Crippen molar-refractivity contribution in [2.45, 2.75) is 22.7 Å². The number of hydrogen-bond donors (Lipinski definition) is 1. The van der Waals surface area contributed by atoms with Crippen LogP contribution >= 0.6 is 23.1 Å². The fourth-order valence-electron chi connectivity index (χ4n) is 1.30. The molecule has 0 aliphatic heterocycles. The van der Waals surface area contributed by atoms with Crippen LogP contribution in [0.15, 0.2) is 20.9 Å². The van der Waals surface area contributed by atoms with Gasteiger partial charge in [0.05, 0.1) is 11.4 Å². The number of nitrogens with two attached hydrogens (primary N) is 1. The maximum atomic E-state index is 6.00. The van der Waals surface area contributed by atoms with Gasteiger partial charge in [0.25, 0.3) is 0 Å². The van der Waals surface area contributed by atoms with Crippen LogP contribution in [0.25, 0.3) is 0 Å². The highest BCUT2D eigenvalue weighted by Gasteiger charge is 2.13. The quantitative estimate of drug-likeness (QED) is 0.893. The Kier molecular flexibility index (Phi) is 2.97. The van der Waals surface area contributed by atoms with Crippen molar-refractivity contribution in [2.75, 3.05) is 5.73 Å². The van der Waals surface area contributed by atoms with E-state index in [4.69, 9.17) is 5.73 Å². The van der Waals surface area contributed by atoms with E-state index >= 15 is 0 Å². The predicted molar refractivity (Wildman–Crippen MR) is 63.2 cm³/mol. The largest absolute Gasteiger partial charge is 0.395 e. The molecular weight excluding hydrogens is 228 g/mol. The van der Waals surface area contributed by atoms with E-state index in [-0.39, 0.29) is 0 Å². The van der Waals surface area contributed by atoms with E-state index in [0.717, 1.165) is 27.2 Å². The van der Waals surface area contributed by atoms with Crippen LogP contribution in [-0.4, -0.2) is 14.8 Å². The summed E-state index contributed by atoms with van der Waals surface area (Å²) in [6.45, 7) is 2.05. The fourth-order valence-corrected chi connectivity index (χ4v) is 2.94. The molecule has 2 rings (SSSR count). The predicted octanol–water partition coefficient (Wildman–Crippen LogP) is 2.17. The number of hydrogen-bond acceptors (Lipinski definition) is 5. The second-order valence-electron chi connectivity index (χ2n) is 3.04. The Hall–Kier alpha value is -1.01. The van der Waals surface area contributed by atoms with Crippen molar-refractivity contribution in [3.05, 3.63) is 17.3 Å². The standard InChI is InChI=1S/C9H12N4S2/c1-3-6-7(10)8(13(2)12-6)15-9-11-4-5-14-9/h4-5H,3,10H2,1-2H3. The molecular formula is C9H12N4S2. The molecule has 15 heavy (non-hydrogen) atoms. The van der Waals surface area contributed by atoms with Crippen LogP contribution in [0, 0.1) is 0 Å². The molecule has 0 unspecified atom stereocenters. The number of nitrogens with zero attached hydrogens (tertiary/aromatic N) is 3. The first-order chi connectivity index (χ1) is 7.22. The lowest BCUT2D eigenvalue weighted by molar-refractivity contribution is 0.687. The molecule has 0 radical (unpaired) electrons. The topological polar surface area (TPSA) is 56.7 Å². The fraction of sp³-hybridized carbons (Fsp3) is 0.333. The zero-order chi connectivity index (χ0) is 10.8. The molecule has 2 heterocycles. The minimum absolute atomic E-state index is 0.778. The van der Waals surface area contributed by atoms with Crippen molar-refractivity contribution >= 4 is 28.8 Å². The molecule has 4 nitrogen and oxygen atoms in total. The van der Waals surface area contributed by atoms with Gasteiger partial charge >= 0.3 is 0 Å². The average Bonchev–Trinajstić information content (AvgIpc) is 2.81. The summed E-state index contributed by atoms with van der Waals surface area (Å²) in [5.41, 5.74) is 7.74. The molecule has 2 aromatic heterocycles. The molecule has 0 saturated heterocycles. The van der Waals surface area contributed by atoms with Crippen LogP contribution in [0.5, 0.6) is 0 Å². The Balaban J connectivity index is 2.32. The van der Waals surface area contributed by atoms with Gasteiger partial charge in [-0.1, -0.05) is 6.92 Å². The highest BCUT2D eigenvalue weighted by molar-refractivity contribution is 8.01. The van der Waals surface area contributed by atoms with Crippen LogP contribution < -0.4 is 5.73 Å². The number of anilines is 1. The Morgan fingerprint density at radius 3 is 2.93 bits per heavy atom. The Morgan fingerprint density at radius 2 is 2.40 bits per heavy atom. The summed E-state index contributed by atoms with van der Waals surface area (Å²) in [4.78, 5) is 4.21. The molecule has 0 aliphatic rings. The van der Waals surface area contributed by atoms with Crippen molar-refractivity contribution in [1.82, 2.24) is 14.8 Å². The zero-order valence-corrected chi connectivity index (χ0v) is 10.2. The van der Waals surface area contributed by atoms with E-state index in [0.29, 0.717) is 0 Å². The molecule has 0 fully saturated rings. The van der Waals surface area contributed by atoms with Gasteiger partial charge in [-0.2, -0.15) is 5.10 Å². The van der Waals surface area contributed by atoms with Crippen LogP contribution in [0.2, 0.25) is 0 Å². The minimum atomic E-state index is 0.778. The normalized spacial score (nSPS) is 10.8. The Labute approximate surface area is 96.5 Å². The lowest BCUT2D eigenvalue weighted by atomic mass is 10.3. The second kappa shape index (κ2) is 4.24. The molecule has 0 aromatic carbocycles. The van der Waals surface area contributed by atoms with E-state index in [1.807, 2.05) is 17.1 Å². The molecule has 2 aromatic rings. The Morgan fingerprint density at radius 1 is 1.60 bits per heavy atom. The van der Waals surface area contributed by atoms with Gasteiger partial charge in [-0.3, -0.25) is 4.68 Å². The molecule has 2 N–H and O–H groups in total. The van der Waals surface area contributed by atoms with Gasteiger partial charge < -0.3 is 5.73 Å². The van der Waals surface area contributed by atoms with E-state index in [2.05, 4.69) is 17.0 Å². The Bertz CT molecular complexity index is 447. The number of aryl methyl sites for hydroxylation is 2. The molecule has 0 aliphatic carbocycles. The second-order valence-corrected chi connectivity index (χ2v) is 5.17. The highest BCUT2D eigenvalue weighted by atomic mass is 32.2. The number of nitrogen functional groups attached to an aromatic ring is 1. The third kappa shape index (κ3) is 2.00. The van der Waals surface area contributed by atoms with Crippen LogP contribution in [0.1, 0.15) is 12.6 Å². The summed E-state index contributed by atoms with van der Waals surface area (Å²) < 4.78 is 2.81. The smallest absolute Gasteiger partial charge is 0.156 e. The van der Waals surface area contributed by atoms with Crippen molar-refractivity contribution in [3.63, 3.8) is 0 Å². The van der Waals surface area contributed by atoms with Crippen LogP contribution in [0.3, 0.4) is 0 Å². The summed E-state index contributed by atoms with van der Waals surface area (Å²) in [7, 11) is 1.91. The number of rotatable bonds is 3. The van der Waals surface area contributed by atoms with Crippen LogP contribution in [0.4, 0.5) is 5.69 Å². The van der Waals surface area contributed by atoms with E-state index in [9.17, 15) is 0 Å². The SMILES string of the molecule is CCc1nn(C)c(Sc2nccs2)c1N. The molecule has 0 spiro atoms. The van der Waals surface area contributed by atoms with Crippen molar-refractivity contribution in [1.29, 1.82) is 0 Å².